The van der Waals surface area contributed by atoms with Gasteiger partial charge in [-0.05, 0) is 37.3 Å². The molecule has 10 nitrogen and oxygen atoms in total. The van der Waals surface area contributed by atoms with Gasteiger partial charge in [-0.1, -0.05) is 18.2 Å². The van der Waals surface area contributed by atoms with Crippen LogP contribution in [0.25, 0.3) is 22.3 Å². The molecule has 0 aliphatic rings. The molecule has 0 bridgehead atoms. The maximum Gasteiger partial charge on any atom is 0.234 e. The van der Waals surface area contributed by atoms with E-state index >= 15 is 0 Å². The zero-order valence-corrected chi connectivity index (χ0v) is 18.1. The molecule has 0 fully saturated rings. The van der Waals surface area contributed by atoms with Crippen LogP contribution in [-0.2, 0) is 16.6 Å². The first-order chi connectivity index (χ1) is 15.3. The smallest absolute Gasteiger partial charge is 0.234 e. The van der Waals surface area contributed by atoms with Crippen LogP contribution in [0.4, 0.5) is 11.5 Å². The lowest BCUT2D eigenvalue weighted by molar-refractivity contribution is 0.404. The Morgan fingerprint density at radius 1 is 1.06 bits per heavy atom. The Balaban J connectivity index is 1.76. The number of para-hydroxylation sites is 1. The number of aromatic hydroxyl groups is 2. The first kappa shape index (κ1) is 21.4. The summed E-state index contributed by atoms with van der Waals surface area (Å²) in [7, 11) is -3.53. The summed E-state index contributed by atoms with van der Waals surface area (Å²) in [4.78, 5) is 8.33. The van der Waals surface area contributed by atoms with Crippen molar-refractivity contribution in [3.05, 3.63) is 54.9 Å². The number of hydrogen-bond donors (Lipinski definition) is 3. The van der Waals surface area contributed by atoms with E-state index in [0.717, 1.165) is 0 Å². The van der Waals surface area contributed by atoms with Crippen molar-refractivity contribution in [2.24, 2.45) is 0 Å². The summed E-state index contributed by atoms with van der Waals surface area (Å²) in [5.41, 5.74) is 8.00. The molecule has 0 spiro atoms. The van der Waals surface area contributed by atoms with Crippen molar-refractivity contribution in [2.75, 3.05) is 22.3 Å². The van der Waals surface area contributed by atoms with Gasteiger partial charge in [0.25, 0.3) is 0 Å². The van der Waals surface area contributed by atoms with E-state index in [1.807, 2.05) is 6.07 Å². The van der Waals surface area contributed by atoms with Gasteiger partial charge in [0.1, 0.15) is 17.8 Å². The molecule has 0 aliphatic carbocycles. The molecule has 0 radical (unpaired) electrons. The van der Waals surface area contributed by atoms with E-state index in [-0.39, 0.29) is 36.2 Å². The average Bonchev–Trinajstić information content (AvgIpc) is 3.16. The SMILES string of the molecule is CCS(=O)(=O)N(CCn1nc(-c2ccc(O)c(O)c2)c2c(N)ncnc21)c1ccccc1. The van der Waals surface area contributed by atoms with Gasteiger partial charge in [0.15, 0.2) is 17.1 Å². The Labute approximate surface area is 184 Å². The summed E-state index contributed by atoms with van der Waals surface area (Å²) in [5.74, 6) is -0.408. The Hall–Kier alpha value is -3.86. The topological polar surface area (TPSA) is 147 Å². The highest BCUT2D eigenvalue weighted by atomic mass is 32.2. The van der Waals surface area contributed by atoms with Crippen molar-refractivity contribution in [3.8, 4) is 22.8 Å². The third-order valence-electron chi connectivity index (χ3n) is 5.07. The van der Waals surface area contributed by atoms with Crippen molar-refractivity contribution in [3.63, 3.8) is 0 Å². The minimum absolute atomic E-state index is 0.0467. The van der Waals surface area contributed by atoms with Crippen molar-refractivity contribution in [1.29, 1.82) is 0 Å². The zero-order chi connectivity index (χ0) is 22.9. The number of phenols is 2. The number of anilines is 2. The number of benzene rings is 2. The van der Waals surface area contributed by atoms with Gasteiger partial charge in [-0.15, -0.1) is 0 Å². The normalized spacial score (nSPS) is 11.7. The molecule has 0 aliphatic heterocycles. The molecule has 0 saturated carbocycles. The molecule has 2 aromatic heterocycles. The maximum absolute atomic E-state index is 12.7. The van der Waals surface area contributed by atoms with E-state index in [1.165, 1.54) is 22.8 Å². The third-order valence-corrected chi connectivity index (χ3v) is 6.86. The predicted octanol–water partition coefficient (Wildman–Crippen LogP) is 2.34. The van der Waals surface area contributed by atoms with Gasteiger partial charge in [0, 0.05) is 5.56 Å². The highest BCUT2D eigenvalue weighted by Crippen LogP contribution is 2.35. The Morgan fingerprint density at radius 2 is 1.81 bits per heavy atom. The van der Waals surface area contributed by atoms with Gasteiger partial charge in [-0.2, -0.15) is 5.10 Å². The number of rotatable bonds is 7. The zero-order valence-electron chi connectivity index (χ0n) is 17.3. The molecular weight excluding hydrogens is 432 g/mol. The van der Waals surface area contributed by atoms with Crippen LogP contribution in [0.1, 0.15) is 6.92 Å². The second-order valence-corrected chi connectivity index (χ2v) is 9.22. The van der Waals surface area contributed by atoms with Gasteiger partial charge >= 0.3 is 0 Å². The minimum atomic E-state index is -3.53. The molecule has 2 heterocycles. The number of nitrogens with zero attached hydrogens (tertiary/aromatic N) is 5. The second-order valence-electron chi connectivity index (χ2n) is 7.04. The summed E-state index contributed by atoms with van der Waals surface area (Å²) >= 11 is 0. The fraction of sp³-hybridized carbons (Fsp3) is 0.190. The standard InChI is InChI=1S/C21H22N6O4S/c1-2-32(30,31)27(15-6-4-3-5-7-15)11-10-26-21-18(20(22)23-13-24-21)19(25-26)14-8-9-16(28)17(29)12-14/h3-9,12-13,28-29H,2,10-11H2,1H3,(H2,22,23,24). The summed E-state index contributed by atoms with van der Waals surface area (Å²) in [6.07, 6.45) is 1.31. The van der Waals surface area contributed by atoms with Crippen LogP contribution in [0.2, 0.25) is 0 Å². The Bertz CT molecular complexity index is 1370. The highest BCUT2D eigenvalue weighted by Gasteiger charge is 2.23. The van der Waals surface area contributed by atoms with E-state index in [0.29, 0.717) is 28.0 Å². The quantitative estimate of drug-likeness (QED) is 0.361. The lowest BCUT2D eigenvalue weighted by Gasteiger charge is -2.23. The van der Waals surface area contributed by atoms with E-state index in [9.17, 15) is 18.6 Å². The molecule has 0 unspecified atom stereocenters. The van der Waals surface area contributed by atoms with Crippen molar-refractivity contribution >= 4 is 32.6 Å². The minimum Gasteiger partial charge on any atom is -0.504 e. The first-order valence-electron chi connectivity index (χ1n) is 9.86. The van der Waals surface area contributed by atoms with Crippen molar-refractivity contribution < 1.29 is 18.6 Å². The molecule has 4 rings (SSSR count). The number of hydrogen-bond acceptors (Lipinski definition) is 8. The Kier molecular flexibility index (Phi) is 5.57. The highest BCUT2D eigenvalue weighted by molar-refractivity contribution is 7.92. The maximum atomic E-state index is 12.7. The van der Waals surface area contributed by atoms with Crippen LogP contribution in [0.15, 0.2) is 54.9 Å². The predicted molar refractivity (Wildman–Crippen MR) is 122 cm³/mol. The van der Waals surface area contributed by atoms with Crippen molar-refractivity contribution in [1.82, 2.24) is 19.7 Å². The second kappa shape index (κ2) is 8.35. The van der Waals surface area contributed by atoms with Crippen LogP contribution in [0.5, 0.6) is 11.5 Å². The fourth-order valence-corrected chi connectivity index (χ4v) is 4.54. The van der Waals surface area contributed by atoms with Gasteiger partial charge in [0.05, 0.1) is 29.9 Å². The summed E-state index contributed by atoms with van der Waals surface area (Å²) in [6.45, 7) is 1.92. The molecular formula is C21H22N6O4S. The van der Waals surface area contributed by atoms with Crippen LogP contribution in [0.3, 0.4) is 0 Å². The van der Waals surface area contributed by atoms with Crippen molar-refractivity contribution in [2.45, 2.75) is 13.5 Å². The summed E-state index contributed by atoms with van der Waals surface area (Å²) in [6, 6.07) is 13.1. The number of sulfonamides is 1. The lowest BCUT2D eigenvalue weighted by Crippen LogP contribution is -2.35. The van der Waals surface area contributed by atoms with E-state index < -0.39 is 10.0 Å². The van der Waals surface area contributed by atoms with Crippen LogP contribution < -0.4 is 10.0 Å². The number of phenolic OH excluding ortho intramolecular Hbond substituents is 2. The van der Waals surface area contributed by atoms with Crippen LogP contribution >= 0.6 is 0 Å². The molecule has 2 aromatic carbocycles. The molecule has 166 valence electrons. The van der Waals surface area contributed by atoms with Crippen LogP contribution in [0, 0.1) is 0 Å². The number of nitrogens with two attached hydrogens (primary N) is 1. The first-order valence-corrected chi connectivity index (χ1v) is 11.5. The average molecular weight is 455 g/mol. The van der Waals surface area contributed by atoms with Gasteiger partial charge < -0.3 is 15.9 Å². The fourth-order valence-electron chi connectivity index (χ4n) is 3.42. The van der Waals surface area contributed by atoms with Crippen LogP contribution in [-0.4, -0.2) is 50.7 Å². The van der Waals surface area contributed by atoms with E-state index in [4.69, 9.17) is 5.73 Å². The van der Waals surface area contributed by atoms with Gasteiger partial charge in [-0.25, -0.2) is 23.1 Å². The number of fused-ring (bicyclic) bond motifs is 1. The lowest BCUT2D eigenvalue weighted by atomic mass is 10.1. The Morgan fingerprint density at radius 3 is 2.50 bits per heavy atom. The molecule has 4 aromatic rings. The summed E-state index contributed by atoms with van der Waals surface area (Å²) in [5, 5.41) is 24.6. The molecule has 32 heavy (non-hydrogen) atoms. The molecule has 0 saturated heterocycles. The number of nitrogen functional groups attached to an aromatic ring is 1. The largest absolute Gasteiger partial charge is 0.504 e. The molecule has 0 atom stereocenters. The molecule has 11 heteroatoms. The van der Waals surface area contributed by atoms with Gasteiger partial charge in [0.2, 0.25) is 10.0 Å². The van der Waals surface area contributed by atoms with E-state index in [1.54, 1.807) is 41.9 Å². The molecule has 0 amide bonds. The number of aromatic nitrogens is 4. The monoisotopic (exact) mass is 454 g/mol. The third kappa shape index (κ3) is 3.89. The summed E-state index contributed by atoms with van der Waals surface area (Å²) < 4.78 is 28.4. The molecule has 4 N–H and O–H groups in total. The van der Waals surface area contributed by atoms with Gasteiger partial charge in [-0.3, -0.25) is 4.31 Å². The van der Waals surface area contributed by atoms with E-state index in [2.05, 4.69) is 15.1 Å².